The van der Waals surface area contributed by atoms with E-state index in [1.54, 1.807) is 11.8 Å². The summed E-state index contributed by atoms with van der Waals surface area (Å²) in [6.45, 7) is -0.139. The zero-order chi connectivity index (χ0) is 13.5. The summed E-state index contributed by atoms with van der Waals surface area (Å²) in [4.78, 5) is 0. The highest BCUT2D eigenvalue weighted by Gasteiger charge is 2.53. The molecule has 110 valence electrons. The Kier molecular flexibility index (Phi) is 4.14. The van der Waals surface area contributed by atoms with Gasteiger partial charge in [0, 0.05) is 17.5 Å². The Bertz CT molecular complexity index is 288. The van der Waals surface area contributed by atoms with Crippen molar-refractivity contribution in [1.82, 2.24) is 0 Å². The van der Waals surface area contributed by atoms with Crippen molar-refractivity contribution in [3.63, 3.8) is 0 Å². The first-order chi connectivity index (χ1) is 9.11. The molecule has 0 radical (unpaired) electrons. The van der Waals surface area contributed by atoms with Crippen LogP contribution in [0.15, 0.2) is 0 Å². The highest BCUT2D eigenvalue weighted by atomic mass is 32.2. The second-order valence-corrected chi connectivity index (χ2v) is 8.34. The highest BCUT2D eigenvalue weighted by Crippen LogP contribution is 2.61. The molecular weight excluding hydrogens is 258 g/mol. The van der Waals surface area contributed by atoms with Gasteiger partial charge in [0.25, 0.3) is 0 Å². The summed E-state index contributed by atoms with van der Waals surface area (Å²) in [7, 11) is 0. The summed E-state index contributed by atoms with van der Waals surface area (Å²) < 4.78 is 0. The molecule has 4 aliphatic carbocycles. The van der Waals surface area contributed by atoms with Gasteiger partial charge in [-0.15, -0.1) is 0 Å². The van der Waals surface area contributed by atoms with Gasteiger partial charge in [-0.25, -0.2) is 0 Å². The number of hydrogen-bond donors (Lipinski definition) is 3. The van der Waals surface area contributed by atoms with E-state index in [4.69, 9.17) is 10.8 Å². The van der Waals surface area contributed by atoms with Crippen LogP contribution in [0, 0.1) is 23.2 Å². The largest absolute Gasteiger partial charge is 0.394 e. The van der Waals surface area contributed by atoms with Crippen molar-refractivity contribution in [3.05, 3.63) is 0 Å². The minimum Gasteiger partial charge on any atom is -0.394 e. The Morgan fingerprint density at radius 3 is 2.05 bits per heavy atom. The molecule has 0 aromatic heterocycles. The quantitative estimate of drug-likeness (QED) is 0.694. The summed E-state index contributed by atoms with van der Waals surface area (Å²) in [5, 5.41) is 18.2. The molecule has 19 heavy (non-hydrogen) atoms. The fraction of sp³-hybridized carbons (Fsp3) is 1.00. The Hall–Kier alpha value is 0.230. The summed E-state index contributed by atoms with van der Waals surface area (Å²) in [6, 6.07) is 0.275. The minimum atomic E-state index is -0.589. The summed E-state index contributed by atoms with van der Waals surface area (Å²) in [5.41, 5.74) is 6.94. The van der Waals surface area contributed by atoms with Crippen LogP contribution < -0.4 is 5.73 Å². The van der Waals surface area contributed by atoms with Crippen LogP contribution in [-0.2, 0) is 0 Å². The van der Waals surface area contributed by atoms with Gasteiger partial charge in [-0.3, -0.25) is 0 Å². The van der Waals surface area contributed by atoms with Crippen molar-refractivity contribution < 1.29 is 10.2 Å². The van der Waals surface area contributed by atoms with Crippen LogP contribution in [0.5, 0.6) is 0 Å². The maximum absolute atomic E-state index is 9.39. The van der Waals surface area contributed by atoms with Crippen molar-refractivity contribution in [2.75, 3.05) is 18.1 Å². The van der Waals surface area contributed by atoms with Crippen molar-refractivity contribution in [3.8, 4) is 0 Å². The molecule has 2 unspecified atom stereocenters. The van der Waals surface area contributed by atoms with Crippen LogP contribution in [-0.4, -0.2) is 40.5 Å². The Labute approximate surface area is 120 Å². The lowest BCUT2D eigenvalue weighted by Crippen LogP contribution is -2.55. The zero-order valence-corrected chi connectivity index (χ0v) is 12.4. The van der Waals surface area contributed by atoms with Gasteiger partial charge in [0.15, 0.2) is 0 Å². The van der Waals surface area contributed by atoms with Gasteiger partial charge in [0.05, 0.1) is 12.7 Å². The standard InChI is InChI=1S/C15H27NO2S/c16-14(9-19-8-13(18)7-17)15-4-10-1-11(5-15)3-12(2-10)6-15/h10-14,17-18H,1-9,16H2. The Morgan fingerprint density at radius 1 is 1.05 bits per heavy atom. The van der Waals surface area contributed by atoms with E-state index in [1.165, 1.54) is 38.5 Å². The lowest BCUT2D eigenvalue weighted by Gasteiger charge is -2.59. The first kappa shape index (κ1) is 14.2. The molecule has 0 spiro atoms. The predicted molar refractivity (Wildman–Crippen MR) is 79.0 cm³/mol. The maximum atomic E-state index is 9.39. The van der Waals surface area contributed by atoms with E-state index in [0.29, 0.717) is 11.2 Å². The molecule has 0 aliphatic heterocycles. The smallest absolute Gasteiger partial charge is 0.0861 e. The number of aliphatic hydroxyl groups is 2. The van der Waals surface area contributed by atoms with Crippen molar-refractivity contribution >= 4 is 11.8 Å². The van der Waals surface area contributed by atoms with E-state index in [0.717, 1.165) is 23.5 Å². The van der Waals surface area contributed by atoms with Gasteiger partial charge in [-0.2, -0.15) is 11.8 Å². The van der Waals surface area contributed by atoms with Crippen molar-refractivity contribution in [2.24, 2.45) is 28.9 Å². The SMILES string of the molecule is NC(CSCC(O)CO)C12CC3CC(CC(C3)C1)C2. The van der Waals surface area contributed by atoms with Crippen LogP contribution in [0.4, 0.5) is 0 Å². The predicted octanol–water partition coefficient (Wildman–Crippen LogP) is 1.62. The molecule has 4 fully saturated rings. The number of thioether (sulfide) groups is 1. The van der Waals surface area contributed by atoms with E-state index < -0.39 is 6.10 Å². The van der Waals surface area contributed by atoms with Crippen LogP contribution in [0.1, 0.15) is 38.5 Å². The van der Waals surface area contributed by atoms with Gasteiger partial charge in [-0.05, 0) is 61.7 Å². The molecule has 4 rings (SSSR count). The van der Waals surface area contributed by atoms with Crippen LogP contribution >= 0.6 is 11.8 Å². The molecule has 2 atom stereocenters. The fourth-order valence-corrected chi connectivity index (χ4v) is 6.31. The highest BCUT2D eigenvalue weighted by molar-refractivity contribution is 7.99. The third-order valence-corrected chi connectivity index (χ3v) is 6.91. The zero-order valence-electron chi connectivity index (χ0n) is 11.6. The minimum absolute atomic E-state index is 0.139. The average molecular weight is 285 g/mol. The van der Waals surface area contributed by atoms with E-state index in [1.807, 2.05) is 0 Å². The molecule has 0 saturated heterocycles. The van der Waals surface area contributed by atoms with E-state index in [-0.39, 0.29) is 12.6 Å². The molecule has 4 aliphatic rings. The normalized spacial score (nSPS) is 43.4. The van der Waals surface area contributed by atoms with Gasteiger partial charge in [0.2, 0.25) is 0 Å². The third kappa shape index (κ3) is 2.82. The van der Waals surface area contributed by atoms with Crippen molar-refractivity contribution in [2.45, 2.75) is 50.7 Å². The molecule has 4 bridgehead atoms. The molecule has 4 N–H and O–H groups in total. The van der Waals surface area contributed by atoms with Gasteiger partial charge in [0.1, 0.15) is 0 Å². The first-order valence-corrected chi connectivity index (χ1v) is 8.89. The first-order valence-electron chi connectivity index (χ1n) is 7.73. The molecule has 0 heterocycles. The second kappa shape index (κ2) is 5.55. The van der Waals surface area contributed by atoms with Crippen LogP contribution in [0.3, 0.4) is 0 Å². The maximum Gasteiger partial charge on any atom is 0.0861 e. The lowest BCUT2D eigenvalue weighted by atomic mass is 9.48. The Balaban J connectivity index is 1.55. The fourth-order valence-electron chi connectivity index (χ4n) is 5.19. The number of rotatable bonds is 6. The van der Waals surface area contributed by atoms with Gasteiger partial charge >= 0.3 is 0 Å². The second-order valence-electron chi connectivity index (χ2n) is 7.26. The lowest BCUT2D eigenvalue weighted by molar-refractivity contribution is -0.0629. The van der Waals surface area contributed by atoms with Crippen LogP contribution in [0.2, 0.25) is 0 Å². The van der Waals surface area contributed by atoms with E-state index in [9.17, 15) is 5.11 Å². The average Bonchev–Trinajstić information content (AvgIpc) is 2.36. The van der Waals surface area contributed by atoms with E-state index in [2.05, 4.69) is 0 Å². The van der Waals surface area contributed by atoms with Gasteiger partial charge in [-0.1, -0.05) is 0 Å². The number of hydrogen-bond acceptors (Lipinski definition) is 4. The molecule has 3 nitrogen and oxygen atoms in total. The monoisotopic (exact) mass is 285 g/mol. The topological polar surface area (TPSA) is 66.5 Å². The van der Waals surface area contributed by atoms with E-state index >= 15 is 0 Å². The third-order valence-electron chi connectivity index (χ3n) is 5.69. The summed E-state index contributed by atoms with van der Waals surface area (Å²) >= 11 is 1.71. The van der Waals surface area contributed by atoms with Crippen molar-refractivity contribution in [1.29, 1.82) is 0 Å². The van der Waals surface area contributed by atoms with Crippen LogP contribution in [0.25, 0.3) is 0 Å². The molecule has 0 aromatic carbocycles. The Morgan fingerprint density at radius 2 is 1.58 bits per heavy atom. The summed E-state index contributed by atoms with van der Waals surface area (Å²) in [5.74, 6) is 4.39. The molecule has 4 saturated carbocycles. The number of aliphatic hydroxyl groups excluding tert-OH is 2. The molecule has 0 amide bonds. The van der Waals surface area contributed by atoms with Gasteiger partial charge < -0.3 is 15.9 Å². The number of nitrogens with two attached hydrogens (primary N) is 1. The summed E-state index contributed by atoms with van der Waals surface area (Å²) in [6.07, 6.45) is 7.84. The molecule has 0 aromatic rings. The molecular formula is C15H27NO2S. The molecule has 4 heteroatoms.